The first-order chi connectivity index (χ1) is 8.83. The molecule has 1 aromatic carbocycles. The second-order valence-corrected chi connectivity index (χ2v) is 4.20. The molecule has 0 spiro atoms. The van der Waals surface area contributed by atoms with Gasteiger partial charge in [-0.1, -0.05) is 25.6 Å². The Balaban J connectivity index is 0.000000459. The summed E-state index contributed by atoms with van der Waals surface area (Å²) in [4.78, 5) is 20.6. The molecular weight excluding hydrogens is 266 g/mol. The molecule has 0 unspecified atom stereocenters. The molecule has 0 aliphatic rings. The smallest absolute Gasteiger partial charge is 0.335 e. The molecule has 0 aliphatic carbocycles. The molecule has 0 aromatic heterocycles. The van der Waals surface area contributed by atoms with E-state index in [1.165, 1.54) is 0 Å². The Bertz CT molecular complexity index is 472. The monoisotopic (exact) mass is 283 g/mol. The summed E-state index contributed by atoms with van der Waals surface area (Å²) in [5.74, 6) is -0.889. The Kier molecular flexibility index (Phi) is 7.53. The van der Waals surface area contributed by atoms with Gasteiger partial charge < -0.3 is 10.8 Å². The first-order valence-corrected chi connectivity index (χ1v) is 6.23. The fourth-order valence-corrected chi connectivity index (χ4v) is 1.40. The molecule has 1 amide bonds. The van der Waals surface area contributed by atoms with Crippen LogP contribution in [0.1, 0.15) is 35.3 Å². The van der Waals surface area contributed by atoms with E-state index in [2.05, 4.69) is 6.58 Å². The van der Waals surface area contributed by atoms with Crippen molar-refractivity contribution in [1.29, 1.82) is 0 Å². The van der Waals surface area contributed by atoms with Crippen molar-refractivity contribution in [3.63, 3.8) is 0 Å². The molecule has 1 aromatic rings. The maximum Gasteiger partial charge on any atom is 0.335 e. The van der Waals surface area contributed by atoms with Crippen molar-refractivity contribution < 1.29 is 14.7 Å². The van der Waals surface area contributed by atoms with Gasteiger partial charge in [-0.2, -0.15) is 0 Å². The Morgan fingerprint density at radius 3 is 2.26 bits per heavy atom. The minimum atomic E-state index is -0.877. The number of aryl methyl sites for hydroxylation is 1. The number of hydrogen-bond donors (Lipinski definition) is 2. The molecule has 0 bridgehead atoms. The number of aromatic carboxylic acids is 1. The summed E-state index contributed by atoms with van der Waals surface area (Å²) in [5, 5.41) is 8.83. The lowest BCUT2D eigenvalue weighted by atomic mass is 10.0. The van der Waals surface area contributed by atoms with Crippen molar-refractivity contribution in [3.8, 4) is 0 Å². The molecule has 0 atom stereocenters. The van der Waals surface area contributed by atoms with Gasteiger partial charge in [0.05, 0.1) is 5.56 Å². The van der Waals surface area contributed by atoms with Crippen LogP contribution in [0.2, 0.25) is 0 Å². The molecule has 0 fully saturated rings. The van der Waals surface area contributed by atoms with E-state index in [-0.39, 0.29) is 0 Å². The van der Waals surface area contributed by atoms with Crippen LogP contribution < -0.4 is 5.73 Å². The van der Waals surface area contributed by atoms with E-state index < -0.39 is 11.9 Å². The van der Waals surface area contributed by atoms with Crippen LogP contribution in [0, 0.1) is 0 Å². The Morgan fingerprint density at radius 2 is 1.95 bits per heavy atom. The Morgan fingerprint density at radius 1 is 1.42 bits per heavy atom. The van der Waals surface area contributed by atoms with E-state index in [1.807, 2.05) is 13.0 Å². The van der Waals surface area contributed by atoms with Gasteiger partial charge in [0.25, 0.3) is 0 Å². The van der Waals surface area contributed by atoms with Crippen molar-refractivity contribution in [3.05, 3.63) is 47.0 Å². The molecule has 1 rings (SSSR count). The van der Waals surface area contributed by atoms with Gasteiger partial charge in [0, 0.05) is 11.5 Å². The largest absolute Gasteiger partial charge is 0.478 e. The molecule has 104 valence electrons. The van der Waals surface area contributed by atoms with Gasteiger partial charge in [0.2, 0.25) is 5.91 Å². The number of rotatable bonds is 4. The SMILES string of the molecule is C=C(C)C(N)=O.CCc1cc(CCl)ccc1C(=O)O. The van der Waals surface area contributed by atoms with Crippen molar-refractivity contribution in [2.45, 2.75) is 26.1 Å². The average Bonchev–Trinajstić information content (AvgIpc) is 2.38. The summed E-state index contributed by atoms with van der Waals surface area (Å²) in [6.07, 6.45) is 0.715. The maximum atomic E-state index is 10.7. The molecule has 5 heteroatoms. The summed E-state index contributed by atoms with van der Waals surface area (Å²) in [6.45, 7) is 6.78. The summed E-state index contributed by atoms with van der Waals surface area (Å²) in [6, 6.07) is 5.20. The quantitative estimate of drug-likeness (QED) is 0.658. The number of carbonyl (C=O) groups excluding carboxylic acids is 1. The van der Waals surface area contributed by atoms with Crippen LogP contribution in [0.3, 0.4) is 0 Å². The number of carbonyl (C=O) groups is 2. The van der Waals surface area contributed by atoms with Crippen LogP contribution in [0.25, 0.3) is 0 Å². The number of carboxylic acids is 1. The van der Waals surface area contributed by atoms with Crippen LogP contribution in [-0.2, 0) is 17.1 Å². The van der Waals surface area contributed by atoms with Gasteiger partial charge in [-0.25, -0.2) is 4.79 Å². The zero-order valence-electron chi connectivity index (χ0n) is 11.1. The first kappa shape index (κ1) is 17.2. The number of benzene rings is 1. The highest BCUT2D eigenvalue weighted by atomic mass is 35.5. The minimum Gasteiger partial charge on any atom is -0.478 e. The second kappa shape index (κ2) is 8.32. The third-order valence-corrected chi connectivity index (χ3v) is 2.66. The summed E-state index contributed by atoms with van der Waals surface area (Å²) < 4.78 is 0. The van der Waals surface area contributed by atoms with Crippen LogP contribution >= 0.6 is 11.6 Å². The number of halogens is 1. The second-order valence-electron chi connectivity index (χ2n) is 3.93. The van der Waals surface area contributed by atoms with E-state index >= 15 is 0 Å². The third-order valence-electron chi connectivity index (χ3n) is 2.36. The molecule has 0 aliphatic heterocycles. The normalized spacial score (nSPS) is 9.21. The molecular formula is C14H18ClNO3. The lowest BCUT2D eigenvalue weighted by Gasteiger charge is -2.04. The van der Waals surface area contributed by atoms with Crippen molar-refractivity contribution in [2.75, 3.05) is 0 Å². The molecule has 0 heterocycles. The maximum absolute atomic E-state index is 10.7. The molecule has 19 heavy (non-hydrogen) atoms. The van der Waals surface area contributed by atoms with Crippen LogP contribution in [0.4, 0.5) is 0 Å². The topological polar surface area (TPSA) is 80.4 Å². The standard InChI is InChI=1S/C10H11ClO2.C4H7NO/c1-2-8-5-7(6-11)3-4-9(8)10(12)13;1-3(2)4(5)6/h3-5H,2,6H2,1H3,(H,12,13);1H2,2H3,(H2,5,6). The van der Waals surface area contributed by atoms with Crippen LogP contribution in [0.15, 0.2) is 30.4 Å². The number of primary amides is 1. The molecule has 3 N–H and O–H groups in total. The summed E-state index contributed by atoms with van der Waals surface area (Å²) in [7, 11) is 0. The lowest BCUT2D eigenvalue weighted by Crippen LogP contribution is -2.10. The van der Waals surface area contributed by atoms with E-state index in [1.54, 1.807) is 19.1 Å². The van der Waals surface area contributed by atoms with Gasteiger partial charge >= 0.3 is 5.97 Å². The Labute approximate surface area is 117 Å². The number of alkyl halides is 1. The summed E-state index contributed by atoms with van der Waals surface area (Å²) >= 11 is 5.64. The van der Waals surface area contributed by atoms with E-state index in [0.29, 0.717) is 23.4 Å². The van der Waals surface area contributed by atoms with Gasteiger partial charge in [-0.3, -0.25) is 4.79 Å². The fourth-order valence-electron chi connectivity index (χ4n) is 1.23. The van der Waals surface area contributed by atoms with Crippen LogP contribution in [-0.4, -0.2) is 17.0 Å². The predicted octanol–water partition coefficient (Wildman–Crippen LogP) is 2.73. The molecule has 0 saturated heterocycles. The van der Waals surface area contributed by atoms with E-state index in [0.717, 1.165) is 11.1 Å². The van der Waals surface area contributed by atoms with Gasteiger partial charge in [-0.05, 0) is 30.5 Å². The predicted molar refractivity (Wildman–Crippen MR) is 76.3 cm³/mol. The van der Waals surface area contributed by atoms with Crippen molar-refractivity contribution in [1.82, 2.24) is 0 Å². The fraction of sp³-hybridized carbons (Fsp3) is 0.286. The van der Waals surface area contributed by atoms with E-state index in [4.69, 9.17) is 22.4 Å². The van der Waals surface area contributed by atoms with Gasteiger partial charge in [0.1, 0.15) is 0 Å². The zero-order chi connectivity index (χ0) is 15.0. The van der Waals surface area contributed by atoms with Gasteiger partial charge in [-0.15, -0.1) is 11.6 Å². The number of carboxylic acid groups (broad SMARTS) is 1. The summed E-state index contributed by atoms with van der Waals surface area (Å²) in [5.41, 5.74) is 7.27. The molecule has 0 radical (unpaired) electrons. The molecule has 0 saturated carbocycles. The lowest BCUT2D eigenvalue weighted by molar-refractivity contribution is -0.114. The first-order valence-electron chi connectivity index (χ1n) is 5.69. The highest BCUT2D eigenvalue weighted by molar-refractivity contribution is 6.17. The zero-order valence-corrected chi connectivity index (χ0v) is 11.8. The molecule has 4 nitrogen and oxygen atoms in total. The van der Waals surface area contributed by atoms with Gasteiger partial charge in [0.15, 0.2) is 0 Å². The van der Waals surface area contributed by atoms with E-state index in [9.17, 15) is 9.59 Å². The Hall–Kier alpha value is -1.81. The highest BCUT2D eigenvalue weighted by Crippen LogP contribution is 2.14. The highest BCUT2D eigenvalue weighted by Gasteiger charge is 2.08. The van der Waals surface area contributed by atoms with Crippen molar-refractivity contribution in [2.24, 2.45) is 5.73 Å². The third kappa shape index (κ3) is 6.06. The number of nitrogens with two attached hydrogens (primary N) is 1. The number of amides is 1. The van der Waals surface area contributed by atoms with Crippen LogP contribution in [0.5, 0.6) is 0 Å². The number of hydrogen-bond acceptors (Lipinski definition) is 2. The van der Waals surface area contributed by atoms with Crippen molar-refractivity contribution >= 4 is 23.5 Å². The average molecular weight is 284 g/mol. The minimum absolute atomic E-state index is 0.372.